The van der Waals surface area contributed by atoms with Gasteiger partial charge in [0.1, 0.15) is 5.82 Å². The highest BCUT2D eigenvalue weighted by Crippen LogP contribution is 2.32. The summed E-state index contributed by atoms with van der Waals surface area (Å²) in [6.07, 6.45) is 3.94. The van der Waals surface area contributed by atoms with E-state index < -0.39 is 0 Å². The molecule has 1 aromatic rings. The number of rotatable bonds is 1. The van der Waals surface area contributed by atoms with Crippen molar-refractivity contribution in [3.8, 4) is 0 Å². The molecule has 0 unspecified atom stereocenters. The Morgan fingerprint density at radius 1 is 1.29 bits per heavy atom. The largest absolute Gasteiger partial charge is 0.344 e. The zero-order valence-corrected chi connectivity index (χ0v) is 10.6. The molecule has 3 heteroatoms. The molecule has 2 rings (SSSR count). The van der Waals surface area contributed by atoms with E-state index in [1.807, 2.05) is 31.0 Å². The monoisotopic (exact) mass is 249 g/mol. The fourth-order valence-corrected chi connectivity index (χ4v) is 2.05. The zero-order valence-electron chi connectivity index (χ0n) is 9.80. The molecular formula is C14H13ClFN. The molecule has 0 amide bonds. The highest BCUT2D eigenvalue weighted by Gasteiger charge is 2.17. The molecule has 0 saturated heterocycles. The summed E-state index contributed by atoms with van der Waals surface area (Å²) in [6.45, 7) is 6.00. The first-order valence-electron chi connectivity index (χ1n) is 5.27. The van der Waals surface area contributed by atoms with Gasteiger partial charge < -0.3 is 4.90 Å². The van der Waals surface area contributed by atoms with Crippen LogP contribution in [0.15, 0.2) is 48.2 Å². The summed E-state index contributed by atoms with van der Waals surface area (Å²) in [5.41, 5.74) is 3.75. The molecule has 1 aliphatic rings. The van der Waals surface area contributed by atoms with E-state index in [1.54, 1.807) is 6.07 Å². The Kier molecular flexibility index (Phi) is 3.07. The molecule has 0 fully saturated rings. The molecule has 0 atom stereocenters. The van der Waals surface area contributed by atoms with Crippen LogP contribution < -0.4 is 0 Å². The Labute approximate surface area is 106 Å². The molecule has 1 heterocycles. The standard InChI is InChI=1S/C14H13ClFN/c1-9-4-7-14(17(3)10(9)2)12-6-5-11(16)8-13(12)15/h4-8H,2H2,1,3H3. The fraction of sp³-hybridized carbons (Fsp3) is 0.143. The molecule has 1 nitrogen and oxygen atoms in total. The average molecular weight is 250 g/mol. The van der Waals surface area contributed by atoms with Crippen LogP contribution in [0.3, 0.4) is 0 Å². The van der Waals surface area contributed by atoms with E-state index in [1.165, 1.54) is 12.1 Å². The number of likely N-dealkylation sites (N-methyl/N-ethyl adjacent to an activating group) is 1. The maximum Gasteiger partial charge on any atom is 0.124 e. The lowest BCUT2D eigenvalue weighted by Crippen LogP contribution is -2.18. The van der Waals surface area contributed by atoms with Gasteiger partial charge in [0.25, 0.3) is 0 Å². The van der Waals surface area contributed by atoms with E-state index in [-0.39, 0.29) is 5.82 Å². The normalized spacial score (nSPS) is 15.8. The maximum absolute atomic E-state index is 13.0. The van der Waals surface area contributed by atoms with Gasteiger partial charge in [0.2, 0.25) is 0 Å². The number of hydrogen-bond donors (Lipinski definition) is 0. The van der Waals surface area contributed by atoms with Crippen molar-refractivity contribution in [3.05, 3.63) is 64.6 Å². The van der Waals surface area contributed by atoms with Gasteiger partial charge >= 0.3 is 0 Å². The third-order valence-corrected chi connectivity index (χ3v) is 3.23. The molecule has 0 N–H and O–H groups in total. The van der Waals surface area contributed by atoms with Crippen LogP contribution >= 0.6 is 11.6 Å². The lowest BCUT2D eigenvalue weighted by Gasteiger charge is -2.29. The first-order chi connectivity index (χ1) is 8.00. The lowest BCUT2D eigenvalue weighted by atomic mass is 10.0. The van der Waals surface area contributed by atoms with Crippen molar-refractivity contribution in [1.82, 2.24) is 4.90 Å². The molecule has 0 aromatic heterocycles. The summed E-state index contributed by atoms with van der Waals surface area (Å²) < 4.78 is 13.0. The molecule has 88 valence electrons. The number of hydrogen-bond acceptors (Lipinski definition) is 1. The van der Waals surface area contributed by atoms with Crippen molar-refractivity contribution in [2.24, 2.45) is 0 Å². The topological polar surface area (TPSA) is 3.24 Å². The van der Waals surface area contributed by atoms with Gasteiger partial charge in [-0.1, -0.05) is 24.3 Å². The second-order valence-corrected chi connectivity index (χ2v) is 4.44. The summed E-state index contributed by atoms with van der Waals surface area (Å²) in [7, 11) is 1.92. The van der Waals surface area contributed by atoms with Gasteiger partial charge in [0, 0.05) is 24.0 Å². The van der Waals surface area contributed by atoms with Gasteiger partial charge in [-0.3, -0.25) is 0 Å². The summed E-state index contributed by atoms with van der Waals surface area (Å²) in [5.74, 6) is -0.330. The molecule has 0 bridgehead atoms. The second kappa shape index (κ2) is 4.38. The van der Waals surface area contributed by atoms with Crippen LogP contribution in [0, 0.1) is 5.82 Å². The van der Waals surface area contributed by atoms with Crippen LogP contribution in [0.1, 0.15) is 12.5 Å². The highest BCUT2D eigenvalue weighted by atomic mass is 35.5. The van der Waals surface area contributed by atoms with Gasteiger partial charge in [-0.15, -0.1) is 0 Å². The van der Waals surface area contributed by atoms with Crippen molar-refractivity contribution < 1.29 is 4.39 Å². The lowest BCUT2D eigenvalue weighted by molar-refractivity contribution is 0.602. The molecule has 0 spiro atoms. The van der Waals surface area contributed by atoms with Crippen LogP contribution in [-0.4, -0.2) is 11.9 Å². The second-order valence-electron chi connectivity index (χ2n) is 4.03. The van der Waals surface area contributed by atoms with Crippen molar-refractivity contribution >= 4 is 17.3 Å². The van der Waals surface area contributed by atoms with Crippen LogP contribution in [0.2, 0.25) is 5.02 Å². The number of halogens is 2. The SMILES string of the molecule is C=C1C(C)=CC=C(c2ccc(F)cc2Cl)N1C. The van der Waals surface area contributed by atoms with Crippen molar-refractivity contribution in [2.75, 3.05) is 7.05 Å². The van der Waals surface area contributed by atoms with Gasteiger partial charge in [0.15, 0.2) is 0 Å². The Morgan fingerprint density at radius 3 is 2.65 bits per heavy atom. The molecule has 1 aromatic carbocycles. The molecule has 1 aliphatic heterocycles. The van der Waals surface area contributed by atoms with E-state index in [0.29, 0.717) is 5.02 Å². The van der Waals surface area contributed by atoms with Crippen LogP contribution in [0.25, 0.3) is 5.70 Å². The van der Waals surface area contributed by atoms with Gasteiger partial charge in [0.05, 0.1) is 5.02 Å². The number of benzene rings is 1. The van der Waals surface area contributed by atoms with E-state index in [0.717, 1.165) is 22.5 Å². The van der Waals surface area contributed by atoms with E-state index in [2.05, 4.69) is 6.58 Å². The molecule has 0 saturated carbocycles. The molecule has 17 heavy (non-hydrogen) atoms. The first-order valence-corrected chi connectivity index (χ1v) is 5.65. The number of allylic oxidation sites excluding steroid dienone is 3. The van der Waals surface area contributed by atoms with Gasteiger partial charge in [-0.2, -0.15) is 0 Å². The summed E-state index contributed by atoms with van der Waals surface area (Å²) in [5, 5.41) is 0.406. The third-order valence-electron chi connectivity index (χ3n) is 2.92. The Hall–Kier alpha value is -1.54. The van der Waals surface area contributed by atoms with Crippen molar-refractivity contribution in [1.29, 1.82) is 0 Å². The molecule has 0 aliphatic carbocycles. The highest BCUT2D eigenvalue weighted by molar-refractivity contribution is 6.32. The summed E-state index contributed by atoms with van der Waals surface area (Å²) >= 11 is 6.05. The van der Waals surface area contributed by atoms with Crippen LogP contribution in [0.5, 0.6) is 0 Å². The zero-order chi connectivity index (χ0) is 12.6. The molecular weight excluding hydrogens is 237 g/mol. The third kappa shape index (κ3) is 2.13. The van der Waals surface area contributed by atoms with E-state index >= 15 is 0 Å². The fourth-order valence-electron chi connectivity index (χ4n) is 1.79. The number of nitrogens with zero attached hydrogens (tertiary/aromatic N) is 1. The smallest absolute Gasteiger partial charge is 0.124 e. The summed E-state index contributed by atoms with van der Waals surface area (Å²) in [6, 6.07) is 4.41. The predicted octanol–water partition coefficient (Wildman–Crippen LogP) is 4.23. The quantitative estimate of drug-likeness (QED) is 0.720. The van der Waals surface area contributed by atoms with E-state index in [4.69, 9.17) is 11.6 Å². The Morgan fingerprint density at radius 2 is 2.00 bits per heavy atom. The predicted molar refractivity (Wildman–Crippen MR) is 70.0 cm³/mol. The van der Waals surface area contributed by atoms with Gasteiger partial charge in [-0.05, 0) is 36.8 Å². The minimum absolute atomic E-state index is 0.330. The Bertz CT molecular complexity index is 543. The van der Waals surface area contributed by atoms with Crippen molar-refractivity contribution in [2.45, 2.75) is 6.92 Å². The minimum Gasteiger partial charge on any atom is -0.344 e. The van der Waals surface area contributed by atoms with Crippen LogP contribution in [-0.2, 0) is 0 Å². The average Bonchev–Trinajstić information content (AvgIpc) is 2.28. The molecule has 0 radical (unpaired) electrons. The summed E-state index contributed by atoms with van der Waals surface area (Å²) in [4.78, 5) is 1.95. The minimum atomic E-state index is -0.330. The van der Waals surface area contributed by atoms with Crippen LogP contribution in [0.4, 0.5) is 4.39 Å². The first kappa shape index (κ1) is 11.9. The maximum atomic E-state index is 13.0. The van der Waals surface area contributed by atoms with E-state index in [9.17, 15) is 4.39 Å². The van der Waals surface area contributed by atoms with Gasteiger partial charge in [-0.25, -0.2) is 4.39 Å². The van der Waals surface area contributed by atoms with Crippen molar-refractivity contribution in [3.63, 3.8) is 0 Å². The Balaban J connectivity index is 2.51.